The summed E-state index contributed by atoms with van der Waals surface area (Å²) in [6, 6.07) is 18.4. The molecule has 0 fully saturated rings. The van der Waals surface area contributed by atoms with E-state index in [1.807, 2.05) is 48.5 Å². The van der Waals surface area contributed by atoms with Gasteiger partial charge in [0.15, 0.2) is 0 Å². The SMILES string of the molecule is O=C=NOC(Oc1ccccc1)c1ccccc1. The number of ether oxygens (including phenoxy) is 1. The molecule has 2 aromatic rings. The molecule has 0 amide bonds. The molecule has 4 nitrogen and oxygen atoms in total. The van der Waals surface area contributed by atoms with E-state index in [1.165, 1.54) is 6.08 Å². The van der Waals surface area contributed by atoms with Crippen molar-refractivity contribution in [1.29, 1.82) is 0 Å². The van der Waals surface area contributed by atoms with Crippen LogP contribution in [0.15, 0.2) is 65.8 Å². The first-order valence-corrected chi connectivity index (χ1v) is 5.40. The van der Waals surface area contributed by atoms with Crippen molar-refractivity contribution in [3.63, 3.8) is 0 Å². The Morgan fingerprint density at radius 3 is 2.17 bits per heavy atom. The number of para-hydroxylation sites is 1. The highest BCUT2D eigenvalue weighted by Gasteiger charge is 2.14. The van der Waals surface area contributed by atoms with E-state index >= 15 is 0 Å². The van der Waals surface area contributed by atoms with Crippen molar-refractivity contribution >= 4 is 6.08 Å². The van der Waals surface area contributed by atoms with Gasteiger partial charge in [0.1, 0.15) is 5.75 Å². The second-order valence-electron chi connectivity index (χ2n) is 3.46. The van der Waals surface area contributed by atoms with Crippen molar-refractivity contribution in [3.05, 3.63) is 66.2 Å². The van der Waals surface area contributed by atoms with Gasteiger partial charge in [0.05, 0.1) is 0 Å². The maximum atomic E-state index is 10.1. The van der Waals surface area contributed by atoms with Crippen LogP contribution in [0.5, 0.6) is 5.75 Å². The second kappa shape index (κ2) is 6.23. The van der Waals surface area contributed by atoms with Crippen LogP contribution in [-0.4, -0.2) is 6.08 Å². The molecule has 0 N–H and O–H groups in total. The van der Waals surface area contributed by atoms with Crippen LogP contribution in [-0.2, 0) is 9.63 Å². The highest BCUT2D eigenvalue weighted by atomic mass is 16.8. The number of nitrogens with zero attached hydrogens (tertiary/aromatic N) is 1. The number of hydrogen-bond donors (Lipinski definition) is 0. The van der Waals surface area contributed by atoms with Crippen LogP contribution in [0.1, 0.15) is 11.9 Å². The molecule has 0 saturated carbocycles. The molecule has 90 valence electrons. The Labute approximate surface area is 104 Å². The van der Waals surface area contributed by atoms with Gasteiger partial charge in [-0.1, -0.05) is 48.5 Å². The third-order valence-corrected chi connectivity index (χ3v) is 2.24. The quantitative estimate of drug-likeness (QED) is 0.350. The molecule has 1 unspecified atom stereocenters. The smallest absolute Gasteiger partial charge is 0.292 e. The van der Waals surface area contributed by atoms with Crippen LogP contribution < -0.4 is 4.74 Å². The van der Waals surface area contributed by atoms with Crippen LogP contribution in [0.3, 0.4) is 0 Å². The Morgan fingerprint density at radius 2 is 1.56 bits per heavy atom. The van der Waals surface area contributed by atoms with Gasteiger partial charge < -0.3 is 9.57 Å². The number of hydrogen-bond acceptors (Lipinski definition) is 4. The summed E-state index contributed by atoms with van der Waals surface area (Å²) in [7, 11) is 0. The van der Waals surface area contributed by atoms with Crippen molar-refractivity contribution < 1.29 is 14.4 Å². The van der Waals surface area contributed by atoms with Gasteiger partial charge >= 0.3 is 0 Å². The fourth-order valence-corrected chi connectivity index (χ4v) is 1.45. The molecule has 1 atom stereocenters. The monoisotopic (exact) mass is 241 g/mol. The van der Waals surface area contributed by atoms with Crippen molar-refractivity contribution in [2.45, 2.75) is 6.29 Å². The van der Waals surface area contributed by atoms with Gasteiger partial charge in [-0.15, -0.1) is 0 Å². The van der Waals surface area contributed by atoms with Crippen molar-refractivity contribution in [2.24, 2.45) is 5.16 Å². The lowest BCUT2D eigenvalue weighted by atomic mass is 10.2. The van der Waals surface area contributed by atoms with E-state index in [0.717, 1.165) is 5.56 Å². The summed E-state index contributed by atoms with van der Waals surface area (Å²) in [6.45, 7) is 0. The minimum Gasteiger partial charge on any atom is -0.449 e. The van der Waals surface area contributed by atoms with Gasteiger partial charge in [0.25, 0.3) is 12.4 Å². The first kappa shape index (κ1) is 11.9. The molecular weight excluding hydrogens is 230 g/mol. The van der Waals surface area contributed by atoms with Gasteiger partial charge in [0, 0.05) is 10.7 Å². The lowest BCUT2D eigenvalue weighted by Crippen LogP contribution is -2.09. The summed E-state index contributed by atoms with van der Waals surface area (Å²) in [5.74, 6) is 0.632. The van der Waals surface area contributed by atoms with Gasteiger partial charge in [0.2, 0.25) is 0 Å². The Bertz CT molecular complexity index is 521. The zero-order valence-electron chi connectivity index (χ0n) is 9.52. The predicted molar refractivity (Wildman–Crippen MR) is 65.5 cm³/mol. The predicted octanol–water partition coefficient (Wildman–Crippen LogP) is 3.03. The standard InChI is InChI=1S/C14H11NO3/c16-11-15-18-14(12-7-3-1-4-8-12)17-13-9-5-2-6-10-13/h1-10,14H. The number of isocyanates is 1. The van der Waals surface area contributed by atoms with Crippen molar-refractivity contribution in [3.8, 4) is 5.75 Å². The Balaban J connectivity index is 2.18. The zero-order chi connectivity index (χ0) is 12.6. The molecule has 0 radical (unpaired) electrons. The minimum atomic E-state index is -0.768. The minimum absolute atomic E-state index is 0.632. The van der Waals surface area contributed by atoms with Gasteiger partial charge in [-0.05, 0) is 12.1 Å². The fourth-order valence-electron chi connectivity index (χ4n) is 1.45. The topological polar surface area (TPSA) is 47.9 Å². The molecular formula is C14H11NO3. The normalized spacial score (nSPS) is 11.1. The lowest BCUT2D eigenvalue weighted by molar-refractivity contribution is -0.0822. The molecule has 18 heavy (non-hydrogen) atoms. The summed E-state index contributed by atoms with van der Waals surface area (Å²) < 4.78 is 5.61. The van der Waals surface area contributed by atoms with Gasteiger partial charge in [-0.25, -0.2) is 4.79 Å². The molecule has 4 heteroatoms. The molecule has 0 saturated heterocycles. The molecule has 2 rings (SSSR count). The number of rotatable bonds is 5. The maximum Gasteiger partial charge on any atom is 0.292 e. The fraction of sp³-hybridized carbons (Fsp3) is 0.0714. The summed E-state index contributed by atoms with van der Waals surface area (Å²) in [4.78, 5) is 15.1. The van der Waals surface area contributed by atoms with Crippen LogP contribution in [0.25, 0.3) is 0 Å². The molecule has 0 aliphatic rings. The zero-order valence-corrected chi connectivity index (χ0v) is 9.52. The van der Waals surface area contributed by atoms with E-state index in [1.54, 1.807) is 12.1 Å². The van der Waals surface area contributed by atoms with E-state index in [0.29, 0.717) is 5.75 Å². The van der Waals surface area contributed by atoms with Gasteiger partial charge in [-0.2, -0.15) is 0 Å². The molecule has 0 aliphatic carbocycles. The highest BCUT2D eigenvalue weighted by Crippen LogP contribution is 2.22. The Hall–Kier alpha value is -2.58. The summed E-state index contributed by atoms with van der Waals surface area (Å²) in [5, 5.41) is 3.11. The molecule has 0 aliphatic heterocycles. The van der Waals surface area contributed by atoms with Crippen molar-refractivity contribution in [2.75, 3.05) is 0 Å². The van der Waals surface area contributed by atoms with Crippen LogP contribution in [0.4, 0.5) is 0 Å². The average Bonchev–Trinajstić information content (AvgIpc) is 2.45. The molecule has 0 heterocycles. The van der Waals surface area contributed by atoms with Crippen LogP contribution in [0.2, 0.25) is 0 Å². The highest BCUT2D eigenvalue weighted by molar-refractivity contribution is 5.31. The van der Waals surface area contributed by atoms with E-state index in [-0.39, 0.29) is 0 Å². The summed E-state index contributed by atoms with van der Waals surface area (Å²) >= 11 is 0. The van der Waals surface area contributed by atoms with Crippen LogP contribution in [0, 0.1) is 0 Å². The average molecular weight is 241 g/mol. The molecule has 0 aromatic heterocycles. The number of carbonyl (C=O) groups excluding carboxylic acids is 1. The summed E-state index contributed by atoms with van der Waals surface area (Å²) in [5.41, 5.74) is 0.764. The largest absolute Gasteiger partial charge is 0.449 e. The lowest BCUT2D eigenvalue weighted by Gasteiger charge is -2.16. The third kappa shape index (κ3) is 3.20. The summed E-state index contributed by atoms with van der Waals surface area (Å²) in [6.07, 6.45) is 0.558. The van der Waals surface area contributed by atoms with E-state index < -0.39 is 6.29 Å². The first-order chi connectivity index (χ1) is 8.90. The van der Waals surface area contributed by atoms with Crippen molar-refractivity contribution in [1.82, 2.24) is 0 Å². The Kier molecular flexibility index (Phi) is 4.11. The maximum absolute atomic E-state index is 10.1. The van der Waals surface area contributed by atoms with E-state index in [4.69, 9.17) is 9.57 Å². The van der Waals surface area contributed by atoms with Gasteiger partial charge in [-0.3, -0.25) is 0 Å². The number of benzene rings is 2. The first-order valence-electron chi connectivity index (χ1n) is 5.40. The second-order valence-corrected chi connectivity index (χ2v) is 3.46. The Morgan fingerprint density at radius 1 is 0.944 bits per heavy atom. The molecule has 2 aromatic carbocycles. The van der Waals surface area contributed by atoms with E-state index in [9.17, 15) is 4.79 Å². The molecule has 0 bridgehead atoms. The molecule has 0 spiro atoms. The van der Waals surface area contributed by atoms with Crippen LogP contribution >= 0.6 is 0 Å². The van der Waals surface area contributed by atoms with E-state index in [2.05, 4.69) is 5.16 Å². The third-order valence-electron chi connectivity index (χ3n) is 2.24.